The van der Waals surface area contributed by atoms with E-state index >= 15 is 0 Å². The molecule has 0 aromatic carbocycles. The number of carbonyl (C=O) groups excluding carboxylic acids is 1. The lowest BCUT2D eigenvalue weighted by atomic mass is 10.1. The zero-order valence-corrected chi connectivity index (χ0v) is 7.43. The van der Waals surface area contributed by atoms with E-state index in [1.807, 2.05) is 0 Å². The fourth-order valence-electron chi connectivity index (χ4n) is 1.23. The molecule has 5 heteroatoms. The highest BCUT2D eigenvalue weighted by Crippen LogP contribution is 2.51. The molecule has 0 spiro atoms. The minimum atomic E-state index is -2.52. The van der Waals surface area contributed by atoms with E-state index in [4.69, 9.17) is 5.73 Å². The van der Waals surface area contributed by atoms with Crippen LogP contribution in [0.1, 0.15) is 19.3 Å². The molecule has 0 aromatic rings. The largest absolute Gasteiger partial charge is 0.468 e. The van der Waals surface area contributed by atoms with E-state index in [1.165, 1.54) is 7.11 Å². The van der Waals surface area contributed by atoms with Crippen molar-refractivity contribution in [2.24, 2.45) is 11.7 Å². The highest BCUT2D eigenvalue weighted by Gasteiger charge is 2.56. The Kier molecular flexibility index (Phi) is 2.85. The minimum absolute atomic E-state index is 0.0686. The average Bonchev–Trinajstić information content (AvgIpc) is 2.68. The molecular weight excluding hydrogens is 180 g/mol. The third kappa shape index (κ3) is 2.62. The summed E-state index contributed by atoms with van der Waals surface area (Å²) in [5, 5.41) is 0. The number of hydrogen-bond donors (Lipinski definition) is 1. The molecule has 1 unspecified atom stereocenters. The van der Waals surface area contributed by atoms with Crippen LogP contribution in [0.3, 0.4) is 0 Å². The first-order valence-corrected chi connectivity index (χ1v) is 4.18. The van der Waals surface area contributed by atoms with Gasteiger partial charge in [-0.1, -0.05) is 0 Å². The molecule has 1 saturated carbocycles. The Bertz CT molecular complexity index is 208. The molecule has 1 rings (SSSR count). The molecular formula is C8H13F2NO2. The Balaban J connectivity index is 2.17. The highest BCUT2D eigenvalue weighted by atomic mass is 19.3. The molecule has 0 bridgehead atoms. The molecule has 0 amide bonds. The van der Waals surface area contributed by atoms with Crippen molar-refractivity contribution in [3.8, 4) is 0 Å². The summed E-state index contributed by atoms with van der Waals surface area (Å²) in [7, 11) is 1.23. The van der Waals surface area contributed by atoms with Crippen molar-refractivity contribution < 1.29 is 18.3 Å². The number of nitrogens with two attached hydrogens (primary N) is 1. The summed E-state index contributed by atoms with van der Waals surface area (Å²) in [6.07, 6.45) is 0.497. The molecule has 2 atom stereocenters. The summed E-state index contributed by atoms with van der Waals surface area (Å²) in [4.78, 5) is 10.8. The van der Waals surface area contributed by atoms with Crippen LogP contribution in [0.4, 0.5) is 8.78 Å². The number of ether oxygens (including phenoxy) is 1. The Hall–Kier alpha value is -0.710. The van der Waals surface area contributed by atoms with Crippen LogP contribution in [0.2, 0.25) is 0 Å². The van der Waals surface area contributed by atoms with E-state index in [0.717, 1.165) is 0 Å². The fraction of sp³-hybridized carbons (Fsp3) is 0.875. The predicted molar refractivity (Wildman–Crippen MR) is 42.3 cm³/mol. The smallest absolute Gasteiger partial charge is 0.322 e. The molecule has 2 N–H and O–H groups in total. The maximum Gasteiger partial charge on any atom is 0.322 e. The number of hydrogen-bond acceptors (Lipinski definition) is 3. The number of methoxy groups -OCH3 is 1. The molecule has 0 heterocycles. The molecule has 3 nitrogen and oxygen atoms in total. The van der Waals surface area contributed by atoms with Crippen LogP contribution in [0, 0.1) is 5.92 Å². The molecule has 0 aliphatic heterocycles. The van der Waals surface area contributed by atoms with Crippen molar-refractivity contribution in [2.75, 3.05) is 7.11 Å². The first-order valence-electron chi connectivity index (χ1n) is 4.18. The molecule has 76 valence electrons. The second kappa shape index (κ2) is 3.57. The van der Waals surface area contributed by atoms with Gasteiger partial charge in [-0.2, -0.15) is 0 Å². The van der Waals surface area contributed by atoms with Gasteiger partial charge in [0.25, 0.3) is 5.92 Å². The molecule has 13 heavy (non-hydrogen) atoms. The van der Waals surface area contributed by atoms with Gasteiger partial charge in [0, 0.05) is 12.3 Å². The lowest BCUT2D eigenvalue weighted by molar-refractivity contribution is -0.142. The lowest BCUT2D eigenvalue weighted by Gasteiger charge is -2.07. The van der Waals surface area contributed by atoms with Gasteiger partial charge in [-0.25, -0.2) is 8.78 Å². The van der Waals surface area contributed by atoms with Crippen molar-refractivity contribution in [1.29, 1.82) is 0 Å². The Morgan fingerprint density at radius 3 is 2.69 bits per heavy atom. The van der Waals surface area contributed by atoms with Gasteiger partial charge >= 0.3 is 5.97 Å². The maximum atomic E-state index is 12.4. The van der Waals surface area contributed by atoms with Crippen LogP contribution in [0.15, 0.2) is 0 Å². The van der Waals surface area contributed by atoms with E-state index in [9.17, 15) is 13.6 Å². The first kappa shape index (κ1) is 10.4. The molecule has 0 saturated heterocycles. The van der Waals surface area contributed by atoms with Crippen molar-refractivity contribution in [3.63, 3.8) is 0 Å². The lowest BCUT2D eigenvalue weighted by Crippen LogP contribution is -2.31. The van der Waals surface area contributed by atoms with Gasteiger partial charge in [-0.05, 0) is 12.8 Å². The normalized spacial score (nSPS) is 26.6. The van der Waals surface area contributed by atoms with E-state index in [2.05, 4.69) is 4.74 Å². The third-order valence-corrected chi connectivity index (χ3v) is 2.29. The van der Waals surface area contributed by atoms with Crippen LogP contribution >= 0.6 is 0 Å². The van der Waals surface area contributed by atoms with Crippen molar-refractivity contribution >= 4 is 5.97 Å². The van der Waals surface area contributed by atoms with Gasteiger partial charge in [0.05, 0.1) is 7.11 Å². The van der Waals surface area contributed by atoms with Crippen molar-refractivity contribution in [2.45, 2.75) is 31.2 Å². The quantitative estimate of drug-likeness (QED) is 0.675. The topological polar surface area (TPSA) is 52.3 Å². The average molecular weight is 193 g/mol. The Morgan fingerprint density at radius 2 is 2.31 bits per heavy atom. The van der Waals surface area contributed by atoms with E-state index in [1.54, 1.807) is 0 Å². The summed E-state index contributed by atoms with van der Waals surface area (Å²) in [6.45, 7) is 0. The predicted octanol–water partition coefficient (Wildman–Crippen LogP) is 0.922. The van der Waals surface area contributed by atoms with Crippen LogP contribution in [-0.4, -0.2) is 25.0 Å². The zero-order valence-electron chi connectivity index (χ0n) is 7.43. The first-order chi connectivity index (χ1) is 5.97. The van der Waals surface area contributed by atoms with Crippen LogP contribution in [0.25, 0.3) is 0 Å². The second-order valence-corrected chi connectivity index (χ2v) is 3.37. The van der Waals surface area contributed by atoms with Crippen LogP contribution in [-0.2, 0) is 9.53 Å². The van der Waals surface area contributed by atoms with Gasteiger partial charge in [0.15, 0.2) is 0 Å². The van der Waals surface area contributed by atoms with Gasteiger partial charge in [0.1, 0.15) is 6.04 Å². The van der Waals surface area contributed by atoms with E-state index < -0.39 is 23.9 Å². The van der Waals surface area contributed by atoms with Gasteiger partial charge < -0.3 is 10.5 Å². The Labute approximate surface area is 75.2 Å². The molecule has 1 aliphatic rings. The van der Waals surface area contributed by atoms with E-state index in [0.29, 0.717) is 6.42 Å². The standard InChI is InChI=1S/C8H13F2NO2/c1-13-7(12)6(11)3-2-5-4-8(5,9)10/h5-6H,2-4,11H2,1H3/t5?,6-/m1/s1. The summed E-state index contributed by atoms with van der Waals surface area (Å²) in [5.74, 6) is -3.64. The highest BCUT2D eigenvalue weighted by molar-refractivity contribution is 5.75. The summed E-state index contributed by atoms with van der Waals surface area (Å²) in [5.41, 5.74) is 5.37. The maximum absolute atomic E-state index is 12.4. The monoisotopic (exact) mass is 193 g/mol. The number of alkyl halides is 2. The fourth-order valence-corrected chi connectivity index (χ4v) is 1.23. The van der Waals surface area contributed by atoms with Crippen molar-refractivity contribution in [1.82, 2.24) is 0 Å². The SMILES string of the molecule is COC(=O)[C@H](N)CCC1CC1(F)F. The van der Waals surface area contributed by atoms with E-state index in [-0.39, 0.29) is 12.8 Å². The zero-order chi connectivity index (χ0) is 10.1. The third-order valence-electron chi connectivity index (χ3n) is 2.29. The molecule has 0 aromatic heterocycles. The number of rotatable bonds is 4. The number of carbonyl (C=O) groups is 1. The summed E-state index contributed by atoms with van der Waals surface area (Å²) >= 11 is 0. The van der Waals surface area contributed by atoms with Gasteiger partial charge in [-0.15, -0.1) is 0 Å². The number of esters is 1. The Morgan fingerprint density at radius 1 is 1.77 bits per heavy atom. The second-order valence-electron chi connectivity index (χ2n) is 3.37. The molecule has 1 fully saturated rings. The molecule has 1 aliphatic carbocycles. The van der Waals surface area contributed by atoms with Gasteiger partial charge in [0.2, 0.25) is 0 Å². The summed E-state index contributed by atoms with van der Waals surface area (Å²) in [6, 6.07) is -0.763. The van der Waals surface area contributed by atoms with Crippen molar-refractivity contribution in [3.05, 3.63) is 0 Å². The van der Waals surface area contributed by atoms with Crippen LogP contribution < -0.4 is 5.73 Å². The van der Waals surface area contributed by atoms with Gasteiger partial charge in [-0.3, -0.25) is 4.79 Å². The number of halogens is 2. The summed E-state index contributed by atoms with van der Waals surface area (Å²) < 4.78 is 29.1. The minimum Gasteiger partial charge on any atom is -0.468 e. The molecule has 0 radical (unpaired) electrons. The van der Waals surface area contributed by atoms with Crippen LogP contribution in [0.5, 0.6) is 0 Å².